The summed E-state index contributed by atoms with van der Waals surface area (Å²) >= 11 is 0. The van der Waals surface area contributed by atoms with E-state index in [1.807, 2.05) is 13.8 Å². The van der Waals surface area contributed by atoms with Gasteiger partial charge in [-0.05, 0) is 62.4 Å². The maximum atomic E-state index is 13.5. The van der Waals surface area contributed by atoms with Gasteiger partial charge in [0.25, 0.3) is 10.0 Å². The second-order valence-electron chi connectivity index (χ2n) is 8.09. The van der Waals surface area contributed by atoms with Crippen LogP contribution < -0.4 is 14.8 Å². The zero-order chi connectivity index (χ0) is 24.5. The summed E-state index contributed by atoms with van der Waals surface area (Å²) in [5, 5.41) is 0.652. The Morgan fingerprint density at radius 2 is 1.41 bits per heavy atom. The van der Waals surface area contributed by atoms with Gasteiger partial charge in [-0.1, -0.05) is 35.4 Å². The Morgan fingerprint density at radius 1 is 0.824 bits per heavy atom. The van der Waals surface area contributed by atoms with E-state index >= 15 is 0 Å². The van der Waals surface area contributed by atoms with Crippen LogP contribution in [0.5, 0.6) is 0 Å². The molecule has 0 saturated heterocycles. The van der Waals surface area contributed by atoms with Gasteiger partial charge in [0.05, 0.1) is 10.6 Å². The molecule has 0 saturated carbocycles. The molecule has 0 aliphatic rings. The number of rotatable bonds is 6. The molecule has 0 atom stereocenters. The van der Waals surface area contributed by atoms with E-state index < -0.39 is 28.1 Å². The van der Waals surface area contributed by atoms with Gasteiger partial charge in [-0.2, -0.15) is 0 Å². The summed E-state index contributed by atoms with van der Waals surface area (Å²) in [7, 11) is -2.42. The highest BCUT2D eigenvalue weighted by molar-refractivity contribution is 7.92. The predicted octanol–water partition coefficient (Wildman–Crippen LogP) is 4.27. The maximum Gasteiger partial charge on any atom is 0.336 e. The van der Waals surface area contributed by atoms with Gasteiger partial charge in [-0.25, -0.2) is 13.2 Å². The van der Waals surface area contributed by atoms with Crippen LogP contribution in [0.25, 0.3) is 11.0 Å². The number of nitrogens with zero attached hydrogens (tertiary/aromatic N) is 2. The lowest BCUT2D eigenvalue weighted by Gasteiger charge is -2.27. The van der Waals surface area contributed by atoms with E-state index in [0.29, 0.717) is 22.3 Å². The average Bonchev–Trinajstić information content (AvgIpc) is 2.82. The number of carbonyl (C=O) groups excluding carboxylic acids is 1. The molecule has 4 aromatic rings. The molecule has 0 fully saturated rings. The fourth-order valence-corrected chi connectivity index (χ4v) is 4.92. The van der Waals surface area contributed by atoms with Crippen molar-refractivity contribution in [3.8, 4) is 0 Å². The van der Waals surface area contributed by atoms with Gasteiger partial charge >= 0.3 is 5.63 Å². The van der Waals surface area contributed by atoms with Gasteiger partial charge in [0.15, 0.2) is 0 Å². The smallest absolute Gasteiger partial charge is 0.336 e. The van der Waals surface area contributed by atoms with Crippen molar-refractivity contribution in [1.82, 2.24) is 0 Å². The molecule has 1 amide bonds. The van der Waals surface area contributed by atoms with Crippen molar-refractivity contribution in [2.45, 2.75) is 18.7 Å². The number of fused-ring (bicyclic) bond motifs is 1. The number of sulfonamides is 1. The molecule has 8 heteroatoms. The van der Waals surface area contributed by atoms with E-state index in [2.05, 4.69) is 0 Å². The molecular formula is C26H24N2O5S. The summed E-state index contributed by atoms with van der Waals surface area (Å²) in [5.41, 5.74) is 2.79. The van der Waals surface area contributed by atoms with E-state index in [0.717, 1.165) is 15.4 Å². The SMILES string of the molecule is Cc1ccc(N(CC(=O)N(C)c2ccc3oc(=O)ccc3c2)S(=O)(=O)c2ccc(C)cc2)cc1. The molecule has 0 aliphatic carbocycles. The Labute approximate surface area is 197 Å². The Hall–Kier alpha value is -3.91. The van der Waals surface area contributed by atoms with Crippen LogP contribution in [0.4, 0.5) is 11.4 Å². The van der Waals surface area contributed by atoms with Crippen LogP contribution in [-0.4, -0.2) is 27.9 Å². The highest BCUT2D eigenvalue weighted by Crippen LogP contribution is 2.26. The van der Waals surface area contributed by atoms with Crippen molar-refractivity contribution < 1.29 is 17.6 Å². The van der Waals surface area contributed by atoms with Crippen molar-refractivity contribution in [1.29, 1.82) is 0 Å². The van der Waals surface area contributed by atoms with E-state index in [4.69, 9.17) is 4.42 Å². The van der Waals surface area contributed by atoms with E-state index in [-0.39, 0.29) is 4.90 Å². The lowest BCUT2D eigenvalue weighted by molar-refractivity contribution is -0.116. The van der Waals surface area contributed by atoms with Gasteiger partial charge < -0.3 is 9.32 Å². The highest BCUT2D eigenvalue weighted by atomic mass is 32.2. The third-order valence-electron chi connectivity index (χ3n) is 5.57. The Kier molecular flexibility index (Phi) is 6.26. The Balaban J connectivity index is 1.68. The third-order valence-corrected chi connectivity index (χ3v) is 7.36. The molecule has 3 aromatic carbocycles. The monoisotopic (exact) mass is 476 g/mol. The van der Waals surface area contributed by atoms with E-state index in [1.54, 1.807) is 67.7 Å². The quantitative estimate of drug-likeness (QED) is 0.388. The van der Waals surface area contributed by atoms with Crippen molar-refractivity contribution in [3.63, 3.8) is 0 Å². The number of hydrogen-bond acceptors (Lipinski definition) is 5. The van der Waals surface area contributed by atoms with Crippen LogP contribution in [0.3, 0.4) is 0 Å². The topological polar surface area (TPSA) is 87.9 Å². The minimum atomic E-state index is -4.00. The summed E-state index contributed by atoms with van der Waals surface area (Å²) < 4.78 is 33.4. The van der Waals surface area contributed by atoms with Crippen LogP contribution in [0.15, 0.2) is 93.0 Å². The Morgan fingerprint density at radius 3 is 2.06 bits per heavy atom. The maximum absolute atomic E-state index is 13.5. The normalized spacial score (nSPS) is 11.4. The molecule has 0 radical (unpaired) electrons. The fraction of sp³-hybridized carbons (Fsp3) is 0.154. The van der Waals surface area contributed by atoms with Crippen molar-refractivity contribution in [3.05, 3.63) is 100 Å². The molecule has 1 aromatic heterocycles. The van der Waals surface area contributed by atoms with Crippen LogP contribution in [0.1, 0.15) is 11.1 Å². The Bertz CT molecular complexity index is 1510. The summed E-state index contributed by atoms with van der Waals surface area (Å²) in [6.07, 6.45) is 0. The molecule has 7 nitrogen and oxygen atoms in total. The van der Waals surface area contributed by atoms with Crippen molar-refractivity contribution in [2.75, 3.05) is 22.8 Å². The summed E-state index contributed by atoms with van der Waals surface area (Å²) in [6, 6.07) is 21.4. The number of anilines is 2. The molecule has 34 heavy (non-hydrogen) atoms. The van der Waals surface area contributed by atoms with Crippen LogP contribution in [-0.2, 0) is 14.8 Å². The highest BCUT2D eigenvalue weighted by Gasteiger charge is 2.28. The first-order chi connectivity index (χ1) is 16.1. The minimum absolute atomic E-state index is 0.106. The van der Waals surface area contributed by atoms with E-state index in [9.17, 15) is 18.0 Å². The molecule has 0 spiro atoms. The van der Waals surface area contributed by atoms with Crippen LogP contribution >= 0.6 is 0 Å². The second-order valence-corrected chi connectivity index (χ2v) is 9.95. The summed E-state index contributed by atoms with van der Waals surface area (Å²) in [5.74, 6) is -0.423. The second kappa shape index (κ2) is 9.15. The molecule has 0 N–H and O–H groups in total. The largest absolute Gasteiger partial charge is 0.423 e. The number of amides is 1. The third kappa shape index (κ3) is 4.72. The number of benzene rings is 3. The molecular weight excluding hydrogens is 452 g/mol. The molecule has 174 valence electrons. The molecule has 1 heterocycles. The number of likely N-dealkylation sites (N-methyl/N-ethyl adjacent to an activating group) is 1. The van der Waals surface area contributed by atoms with Crippen molar-refractivity contribution in [2.24, 2.45) is 0 Å². The van der Waals surface area contributed by atoms with Gasteiger partial charge in [-0.15, -0.1) is 0 Å². The molecule has 0 unspecified atom stereocenters. The summed E-state index contributed by atoms with van der Waals surface area (Å²) in [6.45, 7) is 3.39. The standard InChI is InChI=1S/C26H24N2O5S/c1-18-4-9-21(10-5-18)28(34(31,32)23-12-6-19(2)7-13-23)17-25(29)27(3)22-11-14-24-20(16-22)8-15-26(30)33-24/h4-16H,17H2,1-3H3. The lowest BCUT2D eigenvalue weighted by atomic mass is 10.2. The zero-order valence-electron chi connectivity index (χ0n) is 19.1. The minimum Gasteiger partial charge on any atom is -0.423 e. The molecule has 4 rings (SSSR count). The fourth-order valence-electron chi connectivity index (χ4n) is 3.50. The molecule has 0 bridgehead atoms. The van der Waals surface area contributed by atoms with Gasteiger partial charge in [0.1, 0.15) is 12.1 Å². The molecule has 0 aliphatic heterocycles. The first-order valence-electron chi connectivity index (χ1n) is 10.6. The van der Waals surface area contributed by atoms with Crippen LogP contribution in [0.2, 0.25) is 0 Å². The number of hydrogen-bond donors (Lipinski definition) is 0. The van der Waals surface area contributed by atoms with Gasteiger partial charge in [0, 0.05) is 24.2 Å². The van der Waals surface area contributed by atoms with Gasteiger partial charge in [0.2, 0.25) is 5.91 Å². The number of carbonyl (C=O) groups is 1. The lowest BCUT2D eigenvalue weighted by Crippen LogP contribution is -2.41. The zero-order valence-corrected chi connectivity index (χ0v) is 19.9. The van der Waals surface area contributed by atoms with Gasteiger partial charge in [-0.3, -0.25) is 9.10 Å². The predicted molar refractivity (Wildman–Crippen MR) is 133 cm³/mol. The first-order valence-corrected chi connectivity index (χ1v) is 12.1. The van der Waals surface area contributed by atoms with E-state index in [1.165, 1.54) is 23.1 Å². The average molecular weight is 477 g/mol. The summed E-state index contributed by atoms with van der Waals surface area (Å²) in [4.78, 5) is 26.2. The van der Waals surface area contributed by atoms with Crippen LogP contribution in [0, 0.1) is 13.8 Å². The number of aryl methyl sites for hydroxylation is 2. The first kappa shape index (κ1) is 23.3. The van der Waals surface area contributed by atoms with Crippen molar-refractivity contribution >= 4 is 38.3 Å².